The van der Waals surface area contributed by atoms with Crippen LogP contribution in [0, 0.1) is 5.92 Å². The number of ether oxygens (including phenoxy) is 1. The van der Waals surface area contributed by atoms with Crippen molar-refractivity contribution < 1.29 is 9.53 Å². The maximum atomic E-state index is 12.2. The Morgan fingerprint density at radius 2 is 1.95 bits per heavy atom. The van der Waals surface area contributed by atoms with Crippen molar-refractivity contribution in [2.75, 3.05) is 13.2 Å². The molecular formula is C17H27ClN2O2. The Bertz CT molecular complexity index is 436. The van der Waals surface area contributed by atoms with Gasteiger partial charge in [0.2, 0.25) is 5.91 Å². The van der Waals surface area contributed by atoms with Crippen molar-refractivity contribution in [2.24, 2.45) is 11.7 Å². The molecule has 4 nitrogen and oxygen atoms in total. The summed E-state index contributed by atoms with van der Waals surface area (Å²) < 4.78 is 5.31. The molecule has 22 heavy (non-hydrogen) atoms. The lowest BCUT2D eigenvalue weighted by molar-refractivity contribution is -0.125. The van der Waals surface area contributed by atoms with Crippen LogP contribution in [0.15, 0.2) is 30.3 Å². The Kier molecular flexibility index (Phi) is 8.46. The molecule has 3 N–H and O–H groups in total. The predicted molar refractivity (Wildman–Crippen MR) is 91.1 cm³/mol. The minimum Gasteiger partial charge on any atom is -0.381 e. The fourth-order valence-corrected chi connectivity index (χ4v) is 2.73. The van der Waals surface area contributed by atoms with Crippen LogP contribution in [0.2, 0.25) is 0 Å². The van der Waals surface area contributed by atoms with Crippen molar-refractivity contribution in [2.45, 2.75) is 44.7 Å². The highest BCUT2D eigenvalue weighted by atomic mass is 35.5. The van der Waals surface area contributed by atoms with Gasteiger partial charge in [-0.15, -0.1) is 12.4 Å². The number of nitrogens with two attached hydrogens (primary N) is 1. The first-order valence-electron chi connectivity index (χ1n) is 7.84. The smallest absolute Gasteiger partial charge is 0.237 e. The zero-order valence-corrected chi connectivity index (χ0v) is 14.0. The van der Waals surface area contributed by atoms with Crippen molar-refractivity contribution in [3.8, 4) is 0 Å². The molecule has 1 aliphatic heterocycles. The van der Waals surface area contributed by atoms with E-state index in [4.69, 9.17) is 10.5 Å². The summed E-state index contributed by atoms with van der Waals surface area (Å²) in [7, 11) is 0. The van der Waals surface area contributed by atoms with Gasteiger partial charge in [0.25, 0.3) is 0 Å². The van der Waals surface area contributed by atoms with Gasteiger partial charge >= 0.3 is 0 Å². The van der Waals surface area contributed by atoms with E-state index < -0.39 is 6.04 Å². The van der Waals surface area contributed by atoms with E-state index in [9.17, 15) is 4.79 Å². The molecule has 2 rings (SSSR count). The molecule has 1 heterocycles. The monoisotopic (exact) mass is 326 g/mol. The molecule has 0 radical (unpaired) electrons. The number of rotatable bonds is 6. The van der Waals surface area contributed by atoms with Crippen LogP contribution < -0.4 is 11.1 Å². The van der Waals surface area contributed by atoms with Crippen molar-refractivity contribution in [1.82, 2.24) is 5.32 Å². The fourth-order valence-electron chi connectivity index (χ4n) is 2.73. The Labute approximate surface area is 139 Å². The molecule has 1 aliphatic rings. The van der Waals surface area contributed by atoms with Crippen molar-refractivity contribution >= 4 is 18.3 Å². The van der Waals surface area contributed by atoms with Gasteiger partial charge in [-0.05, 0) is 44.1 Å². The quantitative estimate of drug-likeness (QED) is 0.843. The zero-order chi connectivity index (χ0) is 15.1. The first-order valence-corrected chi connectivity index (χ1v) is 7.84. The summed E-state index contributed by atoms with van der Waals surface area (Å²) in [5.74, 6) is 0.225. The van der Waals surface area contributed by atoms with Crippen molar-refractivity contribution in [3.05, 3.63) is 35.9 Å². The van der Waals surface area contributed by atoms with Crippen LogP contribution in [-0.2, 0) is 16.0 Å². The van der Waals surface area contributed by atoms with E-state index in [1.54, 1.807) is 0 Å². The maximum absolute atomic E-state index is 12.2. The lowest BCUT2D eigenvalue weighted by Gasteiger charge is -2.27. The third kappa shape index (κ3) is 5.95. The van der Waals surface area contributed by atoms with Crippen LogP contribution in [0.1, 0.15) is 31.7 Å². The summed E-state index contributed by atoms with van der Waals surface area (Å²) in [6.07, 6.45) is 3.66. The molecule has 1 amide bonds. The molecule has 1 aromatic rings. The standard InChI is InChI=1S/C17H26N2O2.ClH/c1-13(7-8-14-5-3-2-4-6-14)19-17(20)16(18)15-9-11-21-12-10-15;/h2-6,13,15-16H,7-12,18H2,1H3,(H,19,20);1H. The largest absolute Gasteiger partial charge is 0.381 e. The molecule has 2 unspecified atom stereocenters. The molecule has 0 bridgehead atoms. The van der Waals surface area contributed by atoms with Crippen LogP contribution in [0.3, 0.4) is 0 Å². The van der Waals surface area contributed by atoms with Gasteiger partial charge in [0, 0.05) is 19.3 Å². The zero-order valence-electron chi connectivity index (χ0n) is 13.2. The Hall–Kier alpha value is -1.10. The molecular weight excluding hydrogens is 300 g/mol. The molecule has 1 saturated heterocycles. The van der Waals surface area contributed by atoms with Crippen molar-refractivity contribution in [1.29, 1.82) is 0 Å². The number of nitrogens with one attached hydrogen (secondary N) is 1. The predicted octanol–water partition coefficient (Wildman–Crippen LogP) is 2.30. The van der Waals surface area contributed by atoms with E-state index in [0.717, 1.165) is 38.9 Å². The molecule has 0 spiro atoms. The molecule has 1 fully saturated rings. The first-order chi connectivity index (χ1) is 10.2. The number of aryl methyl sites for hydroxylation is 1. The van der Waals surface area contributed by atoms with E-state index in [0.29, 0.717) is 0 Å². The van der Waals surface area contributed by atoms with E-state index >= 15 is 0 Å². The van der Waals surface area contributed by atoms with Crippen LogP contribution in [-0.4, -0.2) is 31.2 Å². The molecule has 1 aromatic carbocycles. The summed E-state index contributed by atoms with van der Waals surface area (Å²) in [5, 5.41) is 3.04. The van der Waals surface area contributed by atoms with E-state index in [1.165, 1.54) is 5.56 Å². The first kappa shape index (κ1) is 18.9. The van der Waals surface area contributed by atoms with Gasteiger partial charge in [0.1, 0.15) is 0 Å². The average Bonchev–Trinajstić information content (AvgIpc) is 2.54. The SMILES string of the molecule is CC(CCc1ccccc1)NC(=O)C(N)C1CCOCC1.Cl. The van der Waals surface area contributed by atoms with Gasteiger partial charge in [0.15, 0.2) is 0 Å². The number of amides is 1. The molecule has 5 heteroatoms. The maximum Gasteiger partial charge on any atom is 0.237 e. The molecule has 2 atom stereocenters. The Morgan fingerprint density at radius 1 is 1.32 bits per heavy atom. The van der Waals surface area contributed by atoms with Gasteiger partial charge in [-0.3, -0.25) is 4.79 Å². The van der Waals surface area contributed by atoms with Crippen LogP contribution in [0.4, 0.5) is 0 Å². The van der Waals surface area contributed by atoms with E-state index in [2.05, 4.69) is 17.4 Å². The molecule has 0 aromatic heterocycles. The normalized spacial score (nSPS) is 18.1. The van der Waals surface area contributed by atoms with Gasteiger partial charge in [-0.1, -0.05) is 30.3 Å². The highest BCUT2D eigenvalue weighted by Gasteiger charge is 2.27. The number of hydrogen-bond acceptors (Lipinski definition) is 3. The van der Waals surface area contributed by atoms with Gasteiger partial charge in [-0.2, -0.15) is 0 Å². The lowest BCUT2D eigenvalue weighted by atomic mass is 9.91. The number of benzene rings is 1. The fraction of sp³-hybridized carbons (Fsp3) is 0.588. The van der Waals surface area contributed by atoms with Crippen LogP contribution in [0.5, 0.6) is 0 Å². The van der Waals surface area contributed by atoms with Crippen molar-refractivity contribution in [3.63, 3.8) is 0 Å². The topological polar surface area (TPSA) is 64.4 Å². The van der Waals surface area contributed by atoms with E-state index in [1.807, 2.05) is 25.1 Å². The molecule has 124 valence electrons. The second kappa shape index (κ2) is 9.82. The Balaban J connectivity index is 0.00000242. The summed E-state index contributed by atoms with van der Waals surface area (Å²) in [4.78, 5) is 12.2. The summed E-state index contributed by atoms with van der Waals surface area (Å²) in [6.45, 7) is 3.47. The minimum atomic E-state index is -0.409. The highest BCUT2D eigenvalue weighted by molar-refractivity contribution is 5.85. The lowest BCUT2D eigenvalue weighted by Crippen LogP contribution is -2.49. The van der Waals surface area contributed by atoms with Gasteiger partial charge in [0.05, 0.1) is 6.04 Å². The van der Waals surface area contributed by atoms with E-state index in [-0.39, 0.29) is 30.3 Å². The Morgan fingerprint density at radius 3 is 2.59 bits per heavy atom. The van der Waals surface area contributed by atoms with Crippen LogP contribution >= 0.6 is 12.4 Å². The number of carbonyl (C=O) groups excluding carboxylic acids is 1. The van der Waals surface area contributed by atoms with Gasteiger partial charge in [-0.25, -0.2) is 0 Å². The van der Waals surface area contributed by atoms with Crippen LogP contribution in [0.25, 0.3) is 0 Å². The molecule has 0 saturated carbocycles. The van der Waals surface area contributed by atoms with Gasteiger partial charge < -0.3 is 15.8 Å². The second-order valence-electron chi connectivity index (χ2n) is 5.91. The third-order valence-corrected chi connectivity index (χ3v) is 4.17. The minimum absolute atomic E-state index is 0. The third-order valence-electron chi connectivity index (χ3n) is 4.17. The summed E-state index contributed by atoms with van der Waals surface area (Å²) >= 11 is 0. The highest BCUT2D eigenvalue weighted by Crippen LogP contribution is 2.17. The summed E-state index contributed by atoms with van der Waals surface area (Å²) in [5.41, 5.74) is 7.38. The summed E-state index contributed by atoms with van der Waals surface area (Å²) in [6, 6.07) is 10.1. The second-order valence-corrected chi connectivity index (χ2v) is 5.91. The number of halogens is 1. The number of hydrogen-bond donors (Lipinski definition) is 2. The molecule has 0 aliphatic carbocycles. The number of carbonyl (C=O) groups is 1. The average molecular weight is 327 g/mol.